The van der Waals surface area contributed by atoms with Crippen molar-refractivity contribution in [2.45, 2.75) is 20.4 Å². The van der Waals surface area contributed by atoms with Crippen molar-refractivity contribution >= 4 is 11.6 Å². The third-order valence-electron chi connectivity index (χ3n) is 4.59. The molecule has 1 amide bonds. The molecule has 0 fully saturated rings. The van der Waals surface area contributed by atoms with Crippen molar-refractivity contribution in [2.75, 3.05) is 24.5 Å². The van der Waals surface area contributed by atoms with Crippen LogP contribution in [0.2, 0.25) is 0 Å². The number of aromatic nitrogens is 2. The molecular weight excluding hydrogens is 336 g/mol. The lowest BCUT2D eigenvalue weighted by Crippen LogP contribution is -2.35. The summed E-state index contributed by atoms with van der Waals surface area (Å²) in [5, 5.41) is 7.29. The highest BCUT2D eigenvalue weighted by atomic mass is 16.1. The van der Waals surface area contributed by atoms with Crippen molar-refractivity contribution in [3.8, 4) is 0 Å². The summed E-state index contributed by atoms with van der Waals surface area (Å²) in [5.41, 5.74) is 4.20. The standard InChI is InChI=1S/C22H26N4O/c1-3-25(21-12-8-7-9-18(21)2)14-13-23-22(27)20-15-24-26(17-20)16-19-10-5-4-6-11-19/h4-12,15,17H,3,13-14,16H2,1-2H3,(H,23,27). The summed E-state index contributed by atoms with van der Waals surface area (Å²) in [6.45, 7) is 7.15. The zero-order valence-electron chi connectivity index (χ0n) is 15.9. The zero-order valence-corrected chi connectivity index (χ0v) is 15.9. The minimum Gasteiger partial charge on any atom is -0.370 e. The van der Waals surface area contributed by atoms with Crippen molar-refractivity contribution in [1.29, 1.82) is 0 Å². The lowest BCUT2D eigenvalue weighted by atomic mass is 10.2. The van der Waals surface area contributed by atoms with Crippen LogP contribution in [0, 0.1) is 6.92 Å². The molecule has 0 bridgehead atoms. The van der Waals surface area contributed by atoms with Crippen molar-refractivity contribution in [1.82, 2.24) is 15.1 Å². The third-order valence-corrected chi connectivity index (χ3v) is 4.59. The molecule has 0 radical (unpaired) electrons. The number of carbonyl (C=O) groups excluding carboxylic acids is 1. The number of rotatable bonds is 8. The monoisotopic (exact) mass is 362 g/mol. The van der Waals surface area contributed by atoms with Gasteiger partial charge >= 0.3 is 0 Å². The van der Waals surface area contributed by atoms with Gasteiger partial charge in [-0.25, -0.2) is 0 Å². The van der Waals surface area contributed by atoms with Crippen LogP contribution in [0.1, 0.15) is 28.4 Å². The minimum absolute atomic E-state index is 0.0878. The van der Waals surface area contributed by atoms with Gasteiger partial charge in [-0.05, 0) is 31.0 Å². The second-order valence-corrected chi connectivity index (χ2v) is 6.53. The van der Waals surface area contributed by atoms with Crippen LogP contribution >= 0.6 is 0 Å². The minimum atomic E-state index is -0.0878. The van der Waals surface area contributed by atoms with Gasteiger partial charge in [-0.3, -0.25) is 9.48 Å². The highest BCUT2D eigenvalue weighted by molar-refractivity contribution is 5.93. The summed E-state index contributed by atoms with van der Waals surface area (Å²) < 4.78 is 1.79. The maximum Gasteiger partial charge on any atom is 0.254 e. The number of nitrogens with zero attached hydrogens (tertiary/aromatic N) is 3. The number of likely N-dealkylation sites (N-methyl/N-ethyl adjacent to an activating group) is 1. The van der Waals surface area contributed by atoms with Crippen LogP contribution in [0.3, 0.4) is 0 Å². The highest BCUT2D eigenvalue weighted by Crippen LogP contribution is 2.18. The Morgan fingerprint density at radius 1 is 1.11 bits per heavy atom. The molecular formula is C22H26N4O. The summed E-state index contributed by atoms with van der Waals surface area (Å²) >= 11 is 0. The maximum atomic E-state index is 12.4. The van der Waals surface area contributed by atoms with Crippen molar-refractivity contribution in [3.05, 3.63) is 83.7 Å². The van der Waals surface area contributed by atoms with E-state index in [-0.39, 0.29) is 5.91 Å². The van der Waals surface area contributed by atoms with Crippen molar-refractivity contribution in [2.24, 2.45) is 0 Å². The first-order valence-corrected chi connectivity index (χ1v) is 9.32. The van der Waals surface area contributed by atoms with E-state index in [2.05, 4.69) is 41.3 Å². The molecule has 0 saturated heterocycles. The van der Waals surface area contributed by atoms with E-state index in [1.807, 2.05) is 42.5 Å². The topological polar surface area (TPSA) is 50.2 Å². The Hall–Kier alpha value is -3.08. The lowest BCUT2D eigenvalue weighted by molar-refractivity contribution is 0.0954. The van der Waals surface area contributed by atoms with E-state index in [0.717, 1.165) is 18.7 Å². The second-order valence-electron chi connectivity index (χ2n) is 6.53. The molecule has 0 atom stereocenters. The van der Waals surface area contributed by atoms with Crippen LogP contribution in [0.25, 0.3) is 0 Å². The molecule has 2 aromatic carbocycles. The molecule has 5 nitrogen and oxygen atoms in total. The van der Waals surface area contributed by atoms with Crippen molar-refractivity contribution in [3.63, 3.8) is 0 Å². The summed E-state index contributed by atoms with van der Waals surface area (Å²) in [4.78, 5) is 14.7. The van der Waals surface area contributed by atoms with E-state index in [4.69, 9.17) is 0 Å². The Morgan fingerprint density at radius 3 is 2.59 bits per heavy atom. The number of benzene rings is 2. The normalized spacial score (nSPS) is 10.6. The van der Waals surface area contributed by atoms with Crippen LogP contribution in [0.5, 0.6) is 0 Å². The fourth-order valence-corrected chi connectivity index (χ4v) is 3.11. The third kappa shape index (κ3) is 4.97. The van der Waals surface area contributed by atoms with Gasteiger partial charge in [0.25, 0.3) is 5.91 Å². The van der Waals surface area contributed by atoms with Crippen LogP contribution in [0.15, 0.2) is 67.0 Å². The average Bonchev–Trinajstić information content (AvgIpc) is 3.15. The molecule has 0 spiro atoms. The molecule has 1 aromatic heterocycles. The Bertz CT molecular complexity index is 873. The first kappa shape index (κ1) is 18.7. The summed E-state index contributed by atoms with van der Waals surface area (Å²) in [6, 6.07) is 18.4. The molecule has 0 aliphatic heterocycles. The molecule has 1 heterocycles. The summed E-state index contributed by atoms with van der Waals surface area (Å²) in [6.07, 6.45) is 3.42. The molecule has 0 aliphatic rings. The molecule has 0 unspecified atom stereocenters. The summed E-state index contributed by atoms with van der Waals surface area (Å²) in [5.74, 6) is -0.0878. The van der Waals surface area contributed by atoms with Crippen LogP contribution in [0.4, 0.5) is 5.69 Å². The van der Waals surface area contributed by atoms with Gasteiger partial charge in [-0.1, -0.05) is 48.5 Å². The number of amides is 1. The fraction of sp³-hybridized carbons (Fsp3) is 0.273. The number of hydrogen-bond donors (Lipinski definition) is 1. The van der Waals surface area contributed by atoms with Gasteiger partial charge < -0.3 is 10.2 Å². The van der Waals surface area contributed by atoms with E-state index in [9.17, 15) is 4.79 Å². The van der Waals surface area contributed by atoms with Gasteiger partial charge in [0.2, 0.25) is 0 Å². The number of aryl methyl sites for hydroxylation is 1. The SMILES string of the molecule is CCN(CCNC(=O)c1cnn(Cc2ccccc2)c1)c1ccccc1C. The molecule has 0 aliphatic carbocycles. The number of para-hydroxylation sites is 1. The Balaban J connectivity index is 1.53. The molecule has 27 heavy (non-hydrogen) atoms. The first-order chi connectivity index (χ1) is 13.2. The predicted molar refractivity (Wildman–Crippen MR) is 109 cm³/mol. The lowest BCUT2D eigenvalue weighted by Gasteiger charge is -2.25. The molecule has 1 N–H and O–H groups in total. The predicted octanol–water partition coefficient (Wildman–Crippen LogP) is 3.50. The van der Waals surface area contributed by atoms with Gasteiger partial charge in [0.15, 0.2) is 0 Å². The smallest absolute Gasteiger partial charge is 0.254 e. The first-order valence-electron chi connectivity index (χ1n) is 9.32. The zero-order chi connectivity index (χ0) is 19.1. The highest BCUT2D eigenvalue weighted by Gasteiger charge is 2.10. The van der Waals surface area contributed by atoms with E-state index in [1.54, 1.807) is 17.1 Å². The van der Waals surface area contributed by atoms with E-state index >= 15 is 0 Å². The van der Waals surface area contributed by atoms with E-state index < -0.39 is 0 Å². The van der Waals surface area contributed by atoms with Gasteiger partial charge in [0.05, 0.1) is 18.3 Å². The second kappa shape index (κ2) is 9.03. The van der Waals surface area contributed by atoms with Crippen molar-refractivity contribution < 1.29 is 4.79 Å². The Kier molecular flexibility index (Phi) is 6.26. The van der Waals surface area contributed by atoms with Gasteiger partial charge in [0, 0.05) is 31.5 Å². The average molecular weight is 362 g/mol. The number of carbonyl (C=O) groups is 1. The van der Waals surface area contributed by atoms with Crippen LogP contribution < -0.4 is 10.2 Å². The Labute approximate surface area is 160 Å². The largest absolute Gasteiger partial charge is 0.370 e. The van der Waals surface area contributed by atoms with E-state index in [1.165, 1.54) is 11.3 Å². The van der Waals surface area contributed by atoms with Gasteiger partial charge in [-0.2, -0.15) is 5.10 Å². The van der Waals surface area contributed by atoms with Crippen LogP contribution in [-0.2, 0) is 6.54 Å². The molecule has 140 valence electrons. The number of anilines is 1. The quantitative estimate of drug-likeness (QED) is 0.667. The van der Waals surface area contributed by atoms with E-state index in [0.29, 0.717) is 18.7 Å². The fourth-order valence-electron chi connectivity index (χ4n) is 3.11. The summed E-state index contributed by atoms with van der Waals surface area (Å²) in [7, 11) is 0. The number of hydrogen-bond acceptors (Lipinski definition) is 3. The maximum absolute atomic E-state index is 12.4. The number of nitrogens with one attached hydrogen (secondary N) is 1. The van der Waals surface area contributed by atoms with Gasteiger partial charge in [0.1, 0.15) is 0 Å². The molecule has 3 aromatic rings. The molecule has 0 saturated carbocycles. The molecule has 5 heteroatoms. The van der Waals surface area contributed by atoms with Gasteiger partial charge in [-0.15, -0.1) is 0 Å². The molecule has 3 rings (SSSR count). The Morgan fingerprint density at radius 2 is 1.85 bits per heavy atom. The van der Waals surface area contributed by atoms with Crippen LogP contribution in [-0.4, -0.2) is 35.3 Å².